The predicted molar refractivity (Wildman–Crippen MR) is 90.9 cm³/mol. The highest BCUT2D eigenvalue weighted by molar-refractivity contribution is 6.08. The molecular formula is C17H15N3O5. The summed E-state index contributed by atoms with van der Waals surface area (Å²) in [5.41, 5.74) is 0.974. The van der Waals surface area contributed by atoms with Crippen LogP contribution in [0.4, 0.5) is 17.1 Å². The van der Waals surface area contributed by atoms with E-state index in [9.17, 15) is 25.0 Å². The monoisotopic (exact) mass is 341 g/mol. The van der Waals surface area contributed by atoms with Crippen LogP contribution >= 0.6 is 0 Å². The molecule has 2 aromatic rings. The maximum atomic E-state index is 13.0. The van der Waals surface area contributed by atoms with Crippen molar-refractivity contribution in [2.24, 2.45) is 0 Å². The Balaban J connectivity index is 2.12. The van der Waals surface area contributed by atoms with Crippen LogP contribution in [0, 0.1) is 27.2 Å². The van der Waals surface area contributed by atoms with E-state index in [1.807, 2.05) is 24.3 Å². The summed E-state index contributed by atoms with van der Waals surface area (Å²) in [7, 11) is 0. The topological polar surface area (TPSA) is 107 Å². The van der Waals surface area contributed by atoms with Crippen molar-refractivity contribution in [1.82, 2.24) is 0 Å². The highest BCUT2D eigenvalue weighted by Gasteiger charge is 2.29. The van der Waals surface area contributed by atoms with E-state index < -0.39 is 27.1 Å². The van der Waals surface area contributed by atoms with Gasteiger partial charge in [0, 0.05) is 23.9 Å². The molecule has 0 atom stereocenters. The van der Waals surface area contributed by atoms with E-state index in [1.165, 1.54) is 11.8 Å². The molecule has 8 heteroatoms. The lowest BCUT2D eigenvalue weighted by Gasteiger charge is -2.29. The molecule has 25 heavy (non-hydrogen) atoms. The Morgan fingerprint density at radius 2 is 1.84 bits per heavy atom. The number of para-hydroxylation sites is 1. The van der Waals surface area contributed by atoms with Gasteiger partial charge in [-0.2, -0.15) is 0 Å². The van der Waals surface area contributed by atoms with E-state index in [2.05, 4.69) is 0 Å². The second-order valence-corrected chi connectivity index (χ2v) is 5.84. The van der Waals surface area contributed by atoms with Crippen LogP contribution in [0.15, 0.2) is 36.4 Å². The third-order valence-corrected chi connectivity index (χ3v) is 4.36. The van der Waals surface area contributed by atoms with Crippen molar-refractivity contribution in [3.05, 3.63) is 73.3 Å². The lowest BCUT2D eigenvalue weighted by Crippen LogP contribution is -2.36. The van der Waals surface area contributed by atoms with Crippen LogP contribution in [0.25, 0.3) is 0 Å². The molecule has 128 valence electrons. The number of fused-ring (bicyclic) bond motifs is 1. The number of hydrogen-bond acceptors (Lipinski definition) is 5. The summed E-state index contributed by atoms with van der Waals surface area (Å²) in [6, 6.07) is 9.44. The highest BCUT2D eigenvalue weighted by Crippen LogP contribution is 2.32. The first-order valence-electron chi connectivity index (χ1n) is 7.73. The van der Waals surface area contributed by atoms with Crippen molar-refractivity contribution in [1.29, 1.82) is 0 Å². The molecule has 1 amide bonds. The van der Waals surface area contributed by atoms with E-state index >= 15 is 0 Å². The predicted octanol–water partition coefficient (Wildman–Crippen LogP) is 3.40. The Kier molecular flexibility index (Phi) is 4.18. The summed E-state index contributed by atoms with van der Waals surface area (Å²) in [4.78, 5) is 35.4. The van der Waals surface area contributed by atoms with E-state index in [-0.39, 0.29) is 11.1 Å². The van der Waals surface area contributed by atoms with Gasteiger partial charge in [0.2, 0.25) is 0 Å². The Labute approximate surface area is 143 Å². The van der Waals surface area contributed by atoms with Gasteiger partial charge in [-0.05, 0) is 31.4 Å². The van der Waals surface area contributed by atoms with Gasteiger partial charge < -0.3 is 4.90 Å². The van der Waals surface area contributed by atoms with Crippen LogP contribution in [0.1, 0.15) is 27.9 Å². The standard InChI is InChI=1S/C17H15N3O5/c1-11-14(9-13(19(22)23)10-16(11)20(24)25)17(21)18-8-4-6-12-5-2-3-7-15(12)18/h2-3,5,7,9-10H,4,6,8H2,1H3. The van der Waals surface area contributed by atoms with Crippen LogP contribution in [0.3, 0.4) is 0 Å². The minimum absolute atomic E-state index is 0.0161. The molecule has 3 rings (SSSR count). The van der Waals surface area contributed by atoms with Crippen LogP contribution in [0.5, 0.6) is 0 Å². The van der Waals surface area contributed by atoms with E-state index in [0.717, 1.165) is 36.2 Å². The maximum Gasteiger partial charge on any atom is 0.279 e. The largest absolute Gasteiger partial charge is 0.308 e. The first-order valence-corrected chi connectivity index (χ1v) is 7.73. The molecule has 0 unspecified atom stereocenters. The normalized spacial score (nSPS) is 13.2. The first-order chi connectivity index (χ1) is 11.9. The molecule has 0 bridgehead atoms. The maximum absolute atomic E-state index is 13.0. The van der Waals surface area contributed by atoms with Gasteiger partial charge in [-0.1, -0.05) is 18.2 Å². The number of non-ortho nitro benzene ring substituents is 1. The molecule has 0 spiro atoms. The lowest BCUT2D eigenvalue weighted by atomic mass is 9.99. The molecule has 1 heterocycles. The Bertz CT molecular complexity index is 894. The molecule has 1 aliphatic heterocycles. The fourth-order valence-electron chi connectivity index (χ4n) is 3.09. The molecule has 0 fully saturated rings. The van der Waals surface area contributed by atoms with E-state index in [4.69, 9.17) is 0 Å². The molecule has 8 nitrogen and oxygen atoms in total. The number of anilines is 1. The van der Waals surface area contributed by atoms with E-state index in [0.29, 0.717) is 6.54 Å². The third-order valence-electron chi connectivity index (χ3n) is 4.36. The Morgan fingerprint density at radius 3 is 2.52 bits per heavy atom. The number of amides is 1. The zero-order chi connectivity index (χ0) is 18.1. The van der Waals surface area contributed by atoms with Crippen molar-refractivity contribution in [3.63, 3.8) is 0 Å². The molecule has 0 saturated carbocycles. The van der Waals surface area contributed by atoms with Gasteiger partial charge in [0.1, 0.15) is 0 Å². The van der Waals surface area contributed by atoms with Crippen LogP contribution in [0.2, 0.25) is 0 Å². The number of aryl methyl sites for hydroxylation is 1. The number of benzene rings is 2. The number of rotatable bonds is 3. The van der Waals surface area contributed by atoms with Gasteiger partial charge >= 0.3 is 0 Å². The van der Waals surface area contributed by atoms with Crippen molar-refractivity contribution >= 4 is 23.0 Å². The van der Waals surface area contributed by atoms with Crippen molar-refractivity contribution in [2.75, 3.05) is 11.4 Å². The first kappa shape index (κ1) is 16.6. The number of hydrogen-bond donors (Lipinski definition) is 0. The van der Waals surface area contributed by atoms with Crippen molar-refractivity contribution in [3.8, 4) is 0 Å². The zero-order valence-electron chi connectivity index (χ0n) is 13.5. The minimum atomic E-state index is -0.729. The number of nitrogens with zero attached hydrogens (tertiary/aromatic N) is 3. The van der Waals surface area contributed by atoms with Gasteiger partial charge in [-0.25, -0.2) is 0 Å². The molecular weight excluding hydrogens is 326 g/mol. The third kappa shape index (κ3) is 2.93. The number of carbonyl (C=O) groups excluding carboxylic acids is 1. The van der Waals surface area contributed by atoms with Crippen LogP contribution in [-0.4, -0.2) is 22.3 Å². The average Bonchev–Trinajstić information content (AvgIpc) is 2.60. The van der Waals surface area contributed by atoms with Gasteiger partial charge in [0.25, 0.3) is 17.3 Å². The smallest absolute Gasteiger partial charge is 0.279 e. The van der Waals surface area contributed by atoms with Crippen molar-refractivity contribution in [2.45, 2.75) is 19.8 Å². The summed E-state index contributed by atoms with van der Waals surface area (Å²) in [5, 5.41) is 22.3. The summed E-state index contributed by atoms with van der Waals surface area (Å²) in [6.45, 7) is 1.90. The molecule has 0 N–H and O–H groups in total. The van der Waals surface area contributed by atoms with Gasteiger partial charge in [-0.15, -0.1) is 0 Å². The fraction of sp³-hybridized carbons (Fsp3) is 0.235. The zero-order valence-corrected chi connectivity index (χ0v) is 13.5. The highest BCUT2D eigenvalue weighted by atomic mass is 16.6. The molecule has 0 radical (unpaired) electrons. The van der Waals surface area contributed by atoms with Crippen LogP contribution in [-0.2, 0) is 6.42 Å². The molecule has 0 saturated heterocycles. The van der Waals surface area contributed by atoms with Crippen LogP contribution < -0.4 is 4.90 Å². The van der Waals surface area contributed by atoms with Crippen molar-refractivity contribution < 1.29 is 14.6 Å². The Morgan fingerprint density at radius 1 is 1.12 bits per heavy atom. The molecule has 0 aliphatic carbocycles. The van der Waals surface area contributed by atoms with Gasteiger partial charge in [-0.3, -0.25) is 25.0 Å². The summed E-state index contributed by atoms with van der Waals surface area (Å²) < 4.78 is 0. The average molecular weight is 341 g/mol. The minimum Gasteiger partial charge on any atom is -0.308 e. The summed E-state index contributed by atoms with van der Waals surface area (Å²) in [5.74, 6) is -0.462. The Hall–Kier alpha value is -3.29. The summed E-state index contributed by atoms with van der Waals surface area (Å²) in [6.07, 6.45) is 1.60. The quantitative estimate of drug-likeness (QED) is 0.628. The number of nitro groups is 2. The lowest BCUT2D eigenvalue weighted by molar-refractivity contribution is -0.394. The number of nitro benzene ring substituents is 2. The van der Waals surface area contributed by atoms with E-state index in [1.54, 1.807) is 0 Å². The second kappa shape index (κ2) is 6.31. The van der Waals surface area contributed by atoms with Gasteiger partial charge in [0.05, 0.1) is 21.5 Å². The second-order valence-electron chi connectivity index (χ2n) is 5.84. The SMILES string of the molecule is Cc1c(C(=O)N2CCCc3ccccc32)cc([N+](=O)[O-])cc1[N+](=O)[O-]. The number of carbonyl (C=O) groups is 1. The summed E-state index contributed by atoms with van der Waals surface area (Å²) >= 11 is 0. The molecule has 2 aromatic carbocycles. The molecule has 0 aromatic heterocycles. The van der Waals surface area contributed by atoms with Gasteiger partial charge in [0.15, 0.2) is 0 Å². The molecule has 1 aliphatic rings. The fourth-order valence-corrected chi connectivity index (χ4v) is 3.09.